The normalized spacial score (nSPS) is 11.7. The SMILES string of the molecule is Cc1c(S(C)(=O)=O)cc([N+](=O)[O-])c2sc(N)nc(=O)c12. The molecule has 0 bridgehead atoms. The van der Waals surface area contributed by atoms with Crippen LogP contribution in [0.15, 0.2) is 15.8 Å². The number of hydrogen-bond donors (Lipinski definition) is 1. The second-order valence-electron chi connectivity index (χ2n) is 4.11. The Morgan fingerprint density at radius 2 is 2.05 bits per heavy atom. The second-order valence-corrected chi connectivity index (χ2v) is 7.12. The van der Waals surface area contributed by atoms with Crippen LogP contribution in [0.1, 0.15) is 5.56 Å². The lowest BCUT2D eigenvalue weighted by Gasteiger charge is -2.07. The third kappa shape index (κ3) is 2.23. The molecule has 0 atom stereocenters. The summed E-state index contributed by atoms with van der Waals surface area (Å²) in [5, 5.41) is 10.9. The lowest BCUT2D eigenvalue weighted by Crippen LogP contribution is -2.12. The van der Waals surface area contributed by atoms with Crippen molar-refractivity contribution in [2.45, 2.75) is 11.8 Å². The van der Waals surface area contributed by atoms with Crippen LogP contribution in [0.2, 0.25) is 0 Å². The topological polar surface area (TPSA) is 133 Å². The molecule has 0 saturated carbocycles. The van der Waals surface area contributed by atoms with Gasteiger partial charge in [-0.05, 0) is 12.5 Å². The van der Waals surface area contributed by atoms with Crippen molar-refractivity contribution in [1.82, 2.24) is 4.98 Å². The molecule has 2 aromatic rings. The predicted molar refractivity (Wildman–Crippen MR) is 74.8 cm³/mol. The van der Waals surface area contributed by atoms with Crippen molar-refractivity contribution in [2.75, 3.05) is 12.0 Å². The number of hydrogen-bond acceptors (Lipinski definition) is 8. The van der Waals surface area contributed by atoms with Gasteiger partial charge in [0.1, 0.15) is 4.70 Å². The average Bonchev–Trinajstić information content (AvgIpc) is 2.25. The maximum Gasteiger partial charge on any atom is 0.288 e. The van der Waals surface area contributed by atoms with E-state index in [9.17, 15) is 23.3 Å². The Labute approximate surface area is 116 Å². The van der Waals surface area contributed by atoms with Crippen LogP contribution in [0, 0.1) is 17.0 Å². The Morgan fingerprint density at radius 1 is 1.45 bits per heavy atom. The van der Waals surface area contributed by atoms with E-state index in [2.05, 4.69) is 4.98 Å². The van der Waals surface area contributed by atoms with Crippen LogP contribution < -0.4 is 11.3 Å². The van der Waals surface area contributed by atoms with Gasteiger partial charge < -0.3 is 5.73 Å². The molecule has 0 saturated heterocycles. The molecule has 1 aromatic heterocycles. The molecule has 1 aromatic carbocycles. The summed E-state index contributed by atoms with van der Waals surface area (Å²) >= 11 is 0.775. The van der Waals surface area contributed by atoms with Gasteiger partial charge in [0.2, 0.25) is 0 Å². The van der Waals surface area contributed by atoms with Crippen LogP contribution in [0.5, 0.6) is 0 Å². The molecular formula is C10H9N3O5S2. The van der Waals surface area contributed by atoms with Crippen molar-refractivity contribution in [3.8, 4) is 0 Å². The van der Waals surface area contributed by atoms with Crippen LogP contribution in [-0.2, 0) is 9.84 Å². The van der Waals surface area contributed by atoms with Gasteiger partial charge in [-0.1, -0.05) is 11.3 Å². The number of aromatic nitrogens is 1. The number of nitro benzene ring substituents is 1. The van der Waals surface area contributed by atoms with Gasteiger partial charge in [0.05, 0.1) is 15.2 Å². The van der Waals surface area contributed by atoms with Crippen molar-refractivity contribution in [2.24, 2.45) is 0 Å². The zero-order valence-electron chi connectivity index (χ0n) is 10.4. The Balaban J connectivity index is 3.16. The van der Waals surface area contributed by atoms with E-state index in [4.69, 9.17) is 5.73 Å². The average molecular weight is 315 g/mol. The van der Waals surface area contributed by atoms with Gasteiger partial charge in [-0.15, -0.1) is 0 Å². The first-order valence-corrected chi connectivity index (χ1v) is 7.92. The summed E-state index contributed by atoms with van der Waals surface area (Å²) < 4.78 is 23.4. The number of nitrogen functional groups attached to an aromatic ring is 1. The zero-order chi connectivity index (χ0) is 15.2. The summed E-state index contributed by atoms with van der Waals surface area (Å²) in [6.07, 6.45) is 0.920. The molecule has 0 spiro atoms. The van der Waals surface area contributed by atoms with Gasteiger partial charge in [-0.2, -0.15) is 4.98 Å². The quantitative estimate of drug-likeness (QED) is 0.641. The predicted octanol–water partition coefficient (Wildman–Crippen LogP) is 0.859. The van der Waals surface area contributed by atoms with Crippen LogP contribution in [0.3, 0.4) is 0 Å². The second kappa shape index (κ2) is 4.49. The van der Waals surface area contributed by atoms with E-state index >= 15 is 0 Å². The largest absolute Gasteiger partial charge is 0.375 e. The number of non-ortho nitro benzene ring substituents is 1. The van der Waals surface area contributed by atoms with Crippen molar-refractivity contribution >= 4 is 42.1 Å². The number of benzene rings is 1. The fourth-order valence-electron chi connectivity index (χ4n) is 1.88. The monoisotopic (exact) mass is 315 g/mol. The number of sulfone groups is 1. The molecule has 1 heterocycles. The Hall–Kier alpha value is -2.07. The molecule has 10 heteroatoms. The van der Waals surface area contributed by atoms with Crippen molar-refractivity contribution < 1.29 is 13.3 Å². The van der Waals surface area contributed by atoms with Crippen molar-refractivity contribution in [1.29, 1.82) is 0 Å². The molecule has 2 N–H and O–H groups in total. The van der Waals surface area contributed by atoms with Gasteiger partial charge in [0.15, 0.2) is 15.0 Å². The van der Waals surface area contributed by atoms with E-state index < -0.39 is 26.0 Å². The Bertz CT molecular complexity index is 901. The van der Waals surface area contributed by atoms with Crippen molar-refractivity contribution in [3.63, 3.8) is 0 Å². The lowest BCUT2D eigenvalue weighted by atomic mass is 10.1. The highest BCUT2D eigenvalue weighted by molar-refractivity contribution is 7.90. The van der Waals surface area contributed by atoms with Crippen LogP contribution >= 0.6 is 11.3 Å². The van der Waals surface area contributed by atoms with Gasteiger partial charge in [0.25, 0.3) is 11.2 Å². The molecule has 0 aliphatic heterocycles. The molecule has 2 rings (SSSR count). The molecule has 20 heavy (non-hydrogen) atoms. The van der Waals surface area contributed by atoms with Crippen LogP contribution in [-0.4, -0.2) is 24.6 Å². The Morgan fingerprint density at radius 3 is 2.55 bits per heavy atom. The molecule has 0 aliphatic carbocycles. The number of rotatable bonds is 2. The van der Waals surface area contributed by atoms with Gasteiger partial charge in [-0.3, -0.25) is 14.9 Å². The maximum absolute atomic E-state index is 11.9. The molecule has 8 nitrogen and oxygen atoms in total. The minimum absolute atomic E-state index is 0.0254. The highest BCUT2D eigenvalue weighted by atomic mass is 32.2. The highest BCUT2D eigenvalue weighted by Crippen LogP contribution is 2.34. The zero-order valence-corrected chi connectivity index (χ0v) is 12.0. The van der Waals surface area contributed by atoms with Gasteiger partial charge in [0, 0.05) is 12.3 Å². The fraction of sp³-hybridized carbons (Fsp3) is 0.200. The lowest BCUT2D eigenvalue weighted by molar-refractivity contribution is -0.383. The smallest absolute Gasteiger partial charge is 0.288 e. The number of nitro groups is 1. The van der Waals surface area contributed by atoms with Gasteiger partial charge >= 0.3 is 0 Å². The molecule has 106 valence electrons. The van der Waals surface area contributed by atoms with E-state index in [1.165, 1.54) is 6.92 Å². The summed E-state index contributed by atoms with van der Waals surface area (Å²) in [6.45, 7) is 1.41. The number of anilines is 1. The van der Waals surface area contributed by atoms with Crippen LogP contribution in [0.4, 0.5) is 10.8 Å². The number of aryl methyl sites for hydroxylation is 1. The molecule has 0 amide bonds. The number of nitrogens with zero attached hydrogens (tertiary/aromatic N) is 2. The van der Waals surface area contributed by atoms with Gasteiger partial charge in [-0.25, -0.2) is 8.42 Å². The van der Waals surface area contributed by atoms with E-state index in [0.717, 1.165) is 23.7 Å². The minimum atomic E-state index is -3.71. The summed E-state index contributed by atoms with van der Waals surface area (Å²) in [5.74, 6) is 0. The molecular weight excluding hydrogens is 306 g/mol. The molecule has 0 radical (unpaired) electrons. The summed E-state index contributed by atoms with van der Waals surface area (Å²) in [6, 6.07) is 0.947. The standard InChI is InChI=1S/C10H9N3O5S2/c1-4-6(20(2,17)18)3-5(13(15)16)8-7(4)9(14)12-10(11)19-8/h3H,1-2H3,(H2,11,12,14). The highest BCUT2D eigenvalue weighted by Gasteiger charge is 2.24. The maximum atomic E-state index is 11.9. The van der Waals surface area contributed by atoms with E-state index in [-0.39, 0.29) is 25.7 Å². The van der Waals surface area contributed by atoms with E-state index in [0.29, 0.717) is 0 Å². The van der Waals surface area contributed by atoms with Crippen molar-refractivity contribution in [3.05, 3.63) is 32.1 Å². The number of nitrogens with two attached hydrogens (primary N) is 1. The molecule has 0 fully saturated rings. The van der Waals surface area contributed by atoms with E-state index in [1.54, 1.807) is 0 Å². The minimum Gasteiger partial charge on any atom is -0.375 e. The Kier molecular flexibility index (Phi) is 3.22. The number of fused-ring (bicyclic) bond motifs is 1. The summed E-state index contributed by atoms with van der Waals surface area (Å²) in [4.78, 5) is 25.5. The van der Waals surface area contributed by atoms with E-state index in [1.807, 2.05) is 0 Å². The first-order chi connectivity index (χ1) is 9.12. The first kappa shape index (κ1) is 14.3. The third-order valence-corrected chi connectivity index (χ3v) is 4.84. The molecule has 0 unspecified atom stereocenters. The first-order valence-electron chi connectivity index (χ1n) is 5.21. The summed E-state index contributed by atoms with van der Waals surface area (Å²) in [7, 11) is -3.71. The summed E-state index contributed by atoms with van der Waals surface area (Å²) in [5.41, 5.74) is 4.33. The third-order valence-electron chi connectivity index (χ3n) is 2.70. The fourth-order valence-corrected chi connectivity index (χ4v) is 3.79. The molecule has 0 aliphatic rings. The van der Waals surface area contributed by atoms with Crippen LogP contribution in [0.25, 0.3) is 10.1 Å².